The van der Waals surface area contributed by atoms with Crippen LogP contribution in [0.4, 0.5) is 18.9 Å². The molecular formula is C9H11F3N4O2. The second kappa shape index (κ2) is 4.67. The SMILES string of the molecule is CN(C)/C=C/c1c([N+](=O)[O-])c(C(F)(F)F)nn1C. The highest BCUT2D eigenvalue weighted by Gasteiger charge is 2.44. The molecule has 0 atom stereocenters. The molecule has 0 amide bonds. The fourth-order valence-corrected chi connectivity index (χ4v) is 1.30. The van der Waals surface area contributed by atoms with E-state index >= 15 is 0 Å². The minimum absolute atomic E-state index is 0.207. The zero-order valence-electron chi connectivity index (χ0n) is 9.89. The van der Waals surface area contributed by atoms with Crippen molar-refractivity contribution in [2.75, 3.05) is 14.1 Å². The lowest BCUT2D eigenvalue weighted by molar-refractivity contribution is -0.388. The molecule has 0 aliphatic carbocycles. The molecule has 1 aromatic rings. The van der Waals surface area contributed by atoms with Gasteiger partial charge in [0.2, 0.25) is 5.69 Å². The van der Waals surface area contributed by atoms with E-state index in [-0.39, 0.29) is 5.69 Å². The third-order valence-corrected chi connectivity index (χ3v) is 2.05. The first-order valence-electron chi connectivity index (χ1n) is 4.77. The van der Waals surface area contributed by atoms with Crippen molar-refractivity contribution in [2.45, 2.75) is 6.18 Å². The molecule has 6 nitrogen and oxygen atoms in total. The maximum Gasteiger partial charge on any atom is 0.442 e. The number of hydrogen-bond acceptors (Lipinski definition) is 4. The van der Waals surface area contributed by atoms with E-state index in [1.165, 1.54) is 19.3 Å². The van der Waals surface area contributed by atoms with Gasteiger partial charge in [0.25, 0.3) is 0 Å². The molecule has 0 unspecified atom stereocenters. The Kier molecular flexibility index (Phi) is 3.63. The summed E-state index contributed by atoms with van der Waals surface area (Å²) in [6.07, 6.45) is -2.24. The number of nitro groups is 1. The quantitative estimate of drug-likeness (QED) is 0.617. The van der Waals surface area contributed by atoms with E-state index in [9.17, 15) is 23.3 Å². The molecule has 100 valence electrons. The molecule has 1 rings (SSSR count). The lowest BCUT2D eigenvalue weighted by Gasteiger charge is -2.03. The van der Waals surface area contributed by atoms with Gasteiger partial charge in [0, 0.05) is 27.3 Å². The standard InChI is InChI=1S/C9H11F3N4O2/c1-14(2)5-4-6-7(16(17)18)8(9(10,11)12)13-15(6)3/h4-5H,1-3H3/b5-4+. The van der Waals surface area contributed by atoms with Crippen molar-refractivity contribution in [1.82, 2.24) is 14.7 Å². The average Bonchev–Trinajstić information content (AvgIpc) is 2.52. The van der Waals surface area contributed by atoms with Gasteiger partial charge in [0.05, 0.1) is 4.92 Å². The van der Waals surface area contributed by atoms with Crippen LogP contribution in [-0.2, 0) is 13.2 Å². The first kappa shape index (κ1) is 14.0. The Morgan fingerprint density at radius 3 is 2.39 bits per heavy atom. The van der Waals surface area contributed by atoms with Crippen LogP contribution >= 0.6 is 0 Å². The molecule has 0 saturated carbocycles. The predicted octanol–water partition coefficient (Wildman–Crippen LogP) is 1.88. The van der Waals surface area contributed by atoms with Gasteiger partial charge in [-0.1, -0.05) is 0 Å². The predicted molar refractivity (Wildman–Crippen MR) is 57.6 cm³/mol. The van der Waals surface area contributed by atoms with Gasteiger partial charge in [-0.05, 0) is 6.08 Å². The molecule has 0 N–H and O–H groups in total. The van der Waals surface area contributed by atoms with Crippen LogP contribution in [0, 0.1) is 10.1 Å². The van der Waals surface area contributed by atoms with Crippen molar-refractivity contribution >= 4 is 11.8 Å². The van der Waals surface area contributed by atoms with Crippen molar-refractivity contribution in [3.8, 4) is 0 Å². The van der Waals surface area contributed by atoms with E-state index in [2.05, 4.69) is 5.10 Å². The monoisotopic (exact) mass is 264 g/mol. The number of hydrogen-bond donors (Lipinski definition) is 0. The number of rotatable bonds is 3. The molecule has 0 aromatic carbocycles. The molecule has 0 saturated heterocycles. The Hall–Kier alpha value is -2.06. The Labute approximate surface area is 100 Å². The van der Waals surface area contributed by atoms with Gasteiger partial charge in [0.1, 0.15) is 5.69 Å². The van der Waals surface area contributed by atoms with Crippen LogP contribution in [-0.4, -0.2) is 33.7 Å². The Morgan fingerprint density at radius 2 is 2.00 bits per heavy atom. The summed E-state index contributed by atoms with van der Waals surface area (Å²) < 4.78 is 38.6. The molecule has 0 fully saturated rings. The van der Waals surface area contributed by atoms with Crippen LogP contribution in [0.3, 0.4) is 0 Å². The first-order valence-corrected chi connectivity index (χ1v) is 4.77. The molecular weight excluding hydrogens is 253 g/mol. The second-order valence-electron chi connectivity index (χ2n) is 3.74. The summed E-state index contributed by atoms with van der Waals surface area (Å²) in [5, 5.41) is 13.9. The van der Waals surface area contributed by atoms with E-state index in [1.54, 1.807) is 19.0 Å². The van der Waals surface area contributed by atoms with Crippen molar-refractivity contribution in [3.05, 3.63) is 27.7 Å². The molecule has 0 bridgehead atoms. The largest absolute Gasteiger partial charge is 0.442 e. The molecule has 1 heterocycles. The topological polar surface area (TPSA) is 64.2 Å². The maximum atomic E-state index is 12.6. The maximum absolute atomic E-state index is 12.6. The summed E-state index contributed by atoms with van der Waals surface area (Å²) in [7, 11) is 4.50. The molecule has 0 spiro atoms. The fourth-order valence-electron chi connectivity index (χ4n) is 1.30. The van der Waals surface area contributed by atoms with Gasteiger partial charge in [-0.3, -0.25) is 14.8 Å². The highest BCUT2D eigenvalue weighted by molar-refractivity contribution is 5.60. The van der Waals surface area contributed by atoms with Crippen LogP contribution in [0.25, 0.3) is 6.08 Å². The van der Waals surface area contributed by atoms with E-state index in [1.807, 2.05) is 0 Å². The van der Waals surface area contributed by atoms with Crippen molar-refractivity contribution < 1.29 is 18.1 Å². The summed E-state index contributed by atoms with van der Waals surface area (Å²) in [4.78, 5) is 11.2. The number of nitrogens with zero attached hydrogens (tertiary/aromatic N) is 4. The molecule has 9 heteroatoms. The second-order valence-corrected chi connectivity index (χ2v) is 3.74. The molecule has 0 aliphatic rings. The highest BCUT2D eigenvalue weighted by Crippen LogP contribution is 2.37. The zero-order chi connectivity index (χ0) is 14.1. The fraction of sp³-hybridized carbons (Fsp3) is 0.444. The minimum atomic E-state index is -4.86. The molecule has 18 heavy (non-hydrogen) atoms. The van der Waals surface area contributed by atoms with E-state index in [0.29, 0.717) is 0 Å². The van der Waals surface area contributed by atoms with E-state index in [0.717, 1.165) is 4.68 Å². The van der Waals surface area contributed by atoms with Gasteiger partial charge in [0.15, 0.2) is 0 Å². The van der Waals surface area contributed by atoms with Crippen LogP contribution in [0.5, 0.6) is 0 Å². The van der Waals surface area contributed by atoms with Crippen LogP contribution in [0.1, 0.15) is 11.4 Å². The number of halogens is 3. The molecule has 0 radical (unpaired) electrons. The summed E-state index contributed by atoms with van der Waals surface area (Å²) in [6, 6.07) is 0. The highest BCUT2D eigenvalue weighted by atomic mass is 19.4. The van der Waals surface area contributed by atoms with Crippen LogP contribution < -0.4 is 0 Å². The third-order valence-electron chi connectivity index (χ3n) is 2.05. The van der Waals surface area contributed by atoms with Gasteiger partial charge in [-0.15, -0.1) is 0 Å². The third kappa shape index (κ3) is 2.79. The Bertz CT molecular complexity index is 491. The van der Waals surface area contributed by atoms with Gasteiger partial charge in [-0.2, -0.15) is 18.3 Å². The summed E-state index contributed by atoms with van der Waals surface area (Å²) in [6.45, 7) is 0. The lowest BCUT2D eigenvalue weighted by atomic mass is 10.2. The zero-order valence-corrected chi connectivity index (χ0v) is 9.89. The molecule has 0 aliphatic heterocycles. The van der Waals surface area contributed by atoms with Crippen molar-refractivity contribution in [1.29, 1.82) is 0 Å². The lowest BCUT2D eigenvalue weighted by Crippen LogP contribution is -2.09. The summed E-state index contributed by atoms with van der Waals surface area (Å²) in [5.74, 6) is 0. The Morgan fingerprint density at radius 1 is 1.44 bits per heavy atom. The smallest absolute Gasteiger partial charge is 0.383 e. The van der Waals surface area contributed by atoms with Gasteiger partial charge < -0.3 is 4.90 Å². The number of aromatic nitrogens is 2. The first-order chi connectivity index (χ1) is 8.14. The van der Waals surface area contributed by atoms with Crippen molar-refractivity contribution in [3.63, 3.8) is 0 Å². The normalized spacial score (nSPS) is 12.1. The number of aryl methyl sites for hydroxylation is 1. The Balaban J connectivity index is 3.43. The summed E-state index contributed by atoms with van der Waals surface area (Å²) in [5.41, 5.74) is -2.74. The van der Waals surface area contributed by atoms with E-state index < -0.39 is 22.5 Å². The van der Waals surface area contributed by atoms with Gasteiger partial charge in [-0.25, -0.2) is 0 Å². The summed E-state index contributed by atoms with van der Waals surface area (Å²) >= 11 is 0. The average molecular weight is 264 g/mol. The van der Waals surface area contributed by atoms with E-state index in [4.69, 9.17) is 0 Å². The van der Waals surface area contributed by atoms with Gasteiger partial charge >= 0.3 is 11.9 Å². The number of alkyl halides is 3. The van der Waals surface area contributed by atoms with Crippen molar-refractivity contribution in [2.24, 2.45) is 7.05 Å². The van der Waals surface area contributed by atoms with Crippen LogP contribution in [0.2, 0.25) is 0 Å². The molecule has 1 aromatic heterocycles. The minimum Gasteiger partial charge on any atom is -0.383 e. The van der Waals surface area contributed by atoms with Crippen LogP contribution in [0.15, 0.2) is 6.20 Å².